The summed E-state index contributed by atoms with van der Waals surface area (Å²) in [6.45, 7) is 8.35. The summed E-state index contributed by atoms with van der Waals surface area (Å²) >= 11 is 0. The van der Waals surface area contributed by atoms with Crippen molar-refractivity contribution < 1.29 is 0 Å². The van der Waals surface area contributed by atoms with Crippen LogP contribution in [0.15, 0.2) is 12.1 Å². The second kappa shape index (κ2) is 6.36. The average Bonchev–Trinajstić information content (AvgIpc) is 2.84. The average molecular weight is 221 g/mol. The first kappa shape index (κ1) is 12.8. The van der Waals surface area contributed by atoms with Gasteiger partial charge >= 0.3 is 0 Å². The Balaban J connectivity index is 0.000000606. The SMILES string of the molecule is CC.CNc1cc(C)nc(N2CCCC2)c1. The minimum Gasteiger partial charge on any atom is -0.388 e. The van der Waals surface area contributed by atoms with Crippen molar-refractivity contribution >= 4 is 11.5 Å². The number of anilines is 2. The van der Waals surface area contributed by atoms with Crippen LogP contribution in [0, 0.1) is 6.92 Å². The zero-order valence-corrected chi connectivity index (χ0v) is 10.9. The first-order valence-electron chi connectivity index (χ1n) is 6.21. The third-order valence-corrected chi connectivity index (χ3v) is 2.66. The van der Waals surface area contributed by atoms with Gasteiger partial charge in [-0.2, -0.15) is 0 Å². The van der Waals surface area contributed by atoms with Crippen molar-refractivity contribution in [1.82, 2.24) is 4.98 Å². The number of pyridine rings is 1. The summed E-state index contributed by atoms with van der Waals surface area (Å²) in [5.41, 5.74) is 2.23. The molecule has 0 amide bonds. The molecule has 2 heterocycles. The molecule has 1 fully saturated rings. The summed E-state index contributed by atoms with van der Waals surface area (Å²) in [4.78, 5) is 6.90. The van der Waals surface area contributed by atoms with Gasteiger partial charge in [0.05, 0.1) is 0 Å². The van der Waals surface area contributed by atoms with E-state index in [-0.39, 0.29) is 0 Å². The van der Waals surface area contributed by atoms with Gasteiger partial charge in [0.15, 0.2) is 0 Å². The fourth-order valence-corrected chi connectivity index (χ4v) is 1.90. The summed E-state index contributed by atoms with van der Waals surface area (Å²) < 4.78 is 0. The highest BCUT2D eigenvalue weighted by Gasteiger charge is 2.13. The Bertz CT molecular complexity index is 317. The maximum absolute atomic E-state index is 4.55. The Labute approximate surface area is 98.9 Å². The zero-order valence-electron chi connectivity index (χ0n) is 10.9. The van der Waals surface area contributed by atoms with E-state index < -0.39 is 0 Å². The summed E-state index contributed by atoms with van der Waals surface area (Å²) in [5, 5.41) is 3.16. The largest absolute Gasteiger partial charge is 0.388 e. The van der Waals surface area contributed by atoms with Gasteiger partial charge in [-0.1, -0.05) is 13.8 Å². The minimum absolute atomic E-state index is 1.08. The van der Waals surface area contributed by atoms with Gasteiger partial charge in [0, 0.05) is 37.6 Å². The molecule has 0 unspecified atom stereocenters. The number of nitrogens with one attached hydrogen (secondary N) is 1. The predicted molar refractivity (Wildman–Crippen MR) is 71.3 cm³/mol. The Morgan fingerprint density at radius 2 is 1.81 bits per heavy atom. The van der Waals surface area contributed by atoms with Crippen LogP contribution in [0.25, 0.3) is 0 Å². The molecule has 1 aliphatic heterocycles. The van der Waals surface area contributed by atoms with E-state index >= 15 is 0 Å². The Kier molecular flexibility index (Phi) is 5.09. The van der Waals surface area contributed by atoms with Gasteiger partial charge in [-0.3, -0.25) is 0 Å². The van der Waals surface area contributed by atoms with Gasteiger partial charge in [-0.25, -0.2) is 4.98 Å². The van der Waals surface area contributed by atoms with Crippen LogP contribution in [-0.4, -0.2) is 25.1 Å². The molecule has 1 N–H and O–H groups in total. The van der Waals surface area contributed by atoms with E-state index in [9.17, 15) is 0 Å². The molecule has 1 aromatic heterocycles. The smallest absolute Gasteiger partial charge is 0.130 e. The maximum atomic E-state index is 4.55. The molecular formula is C13H23N3. The molecule has 1 aromatic rings. The van der Waals surface area contributed by atoms with Gasteiger partial charge in [0.1, 0.15) is 5.82 Å². The van der Waals surface area contributed by atoms with Gasteiger partial charge in [-0.05, 0) is 25.8 Å². The first-order valence-corrected chi connectivity index (χ1v) is 6.21. The number of hydrogen-bond acceptors (Lipinski definition) is 3. The fourth-order valence-electron chi connectivity index (χ4n) is 1.90. The molecule has 0 aromatic carbocycles. The first-order chi connectivity index (χ1) is 7.79. The summed E-state index contributed by atoms with van der Waals surface area (Å²) in [6.07, 6.45) is 2.59. The van der Waals surface area contributed by atoms with Crippen molar-refractivity contribution in [3.8, 4) is 0 Å². The summed E-state index contributed by atoms with van der Waals surface area (Å²) in [7, 11) is 1.95. The van der Waals surface area contributed by atoms with Crippen molar-refractivity contribution in [3.05, 3.63) is 17.8 Å². The second-order valence-electron chi connectivity index (χ2n) is 3.80. The van der Waals surface area contributed by atoms with E-state index in [1.165, 1.54) is 12.8 Å². The molecule has 90 valence electrons. The monoisotopic (exact) mass is 221 g/mol. The maximum Gasteiger partial charge on any atom is 0.130 e. The lowest BCUT2D eigenvalue weighted by molar-refractivity contribution is 0.930. The standard InChI is InChI=1S/C11H17N3.C2H6/c1-9-7-10(12-2)8-11(13-9)14-5-3-4-6-14;1-2/h7-8H,3-6H2,1-2H3,(H,12,13);1-2H3. The molecule has 0 saturated carbocycles. The molecule has 0 radical (unpaired) electrons. The Morgan fingerprint density at radius 1 is 1.19 bits per heavy atom. The molecule has 3 nitrogen and oxygen atoms in total. The number of aromatic nitrogens is 1. The molecule has 0 aliphatic carbocycles. The van der Waals surface area contributed by atoms with Crippen molar-refractivity contribution in [1.29, 1.82) is 0 Å². The molecule has 1 aliphatic rings. The molecule has 2 rings (SSSR count). The van der Waals surface area contributed by atoms with Crippen LogP contribution in [0.4, 0.5) is 11.5 Å². The van der Waals surface area contributed by atoms with E-state index in [0.717, 1.165) is 30.3 Å². The van der Waals surface area contributed by atoms with E-state index in [1.54, 1.807) is 0 Å². The molecule has 0 bridgehead atoms. The molecule has 0 atom stereocenters. The summed E-state index contributed by atoms with van der Waals surface area (Å²) in [6, 6.07) is 4.19. The van der Waals surface area contributed by atoms with Gasteiger partial charge in [0.2, 0.25) is 0 Å². The van der Waals surface area contributed by atoms with Gasteiger partial charge < -0.3 is 10.2 Å². The van der Waals surface area contributed by atoms with Crippen LogP contribution in [-0.2, 0) is 0 Å². The van der Waals surface area contributed by atoms with Gasteiger partial charge in [0.25, 0.3) is 0 Å². The number of hydrogen-bond donors (Lipinski definition) is 1. The second-order valence-corrected chi connectivity index (χ2v) is 3.80. The van der Waals surface area contributed by atoms with Crippen molar-refractivity contribution in [2.45, 2.75) is 33.6 Å². The number of nitrogens with zero attached hydrogens (tertiary/aromatic N) is 2. The van der Waals surface area contributed by atoms with Crippen LogP contribution >= 0.6 is 0 Å². The van der Waals surface area contributed by atoms with Crippen LogP contribution in [0.5, 0.6) is 0 Å². The lowest BCUT2D eigenvalue weighted by atomic mass is 10.3. The molecule has 1 saturated heterocycles. The quantitative estimate of drug-likeness (QED) is 0.832. The number of aryl methyl sites for hydroxylation is 1. The van der Waals surface area contributed by atoms with E-state index in [0.29, 0.717) is 0 Å². The highest BCUT2D eigenvalue weighted by molar-refractivity contribution is 5.54. The van der Waals surface area contributed by atoms with Crippen LogP contribution in [0.3, 0.4) is 0 Å². The minimum atomic E-state index is 1.08. The lowest BCUT2D eigenvalue weighted by Gasteiger charge is -2.17. The number of rotatable bonds is 2. The molecule has 3 heteroatoms. The van der Waals surface area contributed by atoms with Gasteiger partial charge in [-0.15, -0.1) is 0 Å². The fraction of sp³-hybridized carbons (Fsp3) is 0.615. The van der Waals surface area contributed by atoms with E-state index in [2.05, 4.69) is 27.3 Å². The Morgan fingerprint density at radius 3 is 2.38 bits per heavy atom. The lowest BCUT2D eigenvalue weighted by Crippen LogP contribution is -2.19. The van der Waals surface area contributed by atoms with Crippen LogP contribution in [0.1, 0.15) is 32.4 Å². The van der Waals surface area contributed by atoms with Crippen LogP contribution < -0.4 is 10.2 Å². The third-order valence-electron chi connectivity index (χ3n) is 2.66. The zero-order chi connectivity index (χ0) is 12.0. The molecular weight excluding hydrogens is 198 g/mol. The highest BCUT2D eigenvalue weighted by atomic mass is 15.2. The van der Waals surface area contributed by atoms with Crippen molar-refractivity contribution in [3.63, 3.8) is 0 Å². The molecule has 16 heavy (non-hydrogen) atoms. The van der Waals surface area contributed by atoms with E-state index in [4.69, 9.17) is 0 Å². The molecule has 0 spiro atoms. The van der Waals surface area contributed by atoms with E-state index in [1.807, 2.05) is 27.8 Å². The Hall–Kier alpha value is -1.25. The van der Waals surface area contributed by atoms with Crippen molar-refractivity contribution in [2.75, 3.05) is 30.4 Å². The van der Waals surface area contributed by atoms with Crippen molar-refractivity contribution in [2.24, 2.45) is 0 Å². The predicted octanol–water partition coefficient (Wildman–Crippen LogP) is 3.06. The topological polar surface area (TPSA) is 28.2 Å². The highest BCUT2D eigenvalue weighted by Crippen LogP contribution is 2.21. The van der Waals surface area contributed by atoms with Crippen LogP contribution in [0.2, 0.25) is 0 Å². The normalized spacial score (nSPS) is 14.4. The third kappa shape index (κ3) is 3.12. The summed E-state index contributed by atoms with van der Waals surface area (Å²) in [5.74, 6) is 1.12.